The second kappa shape index (κ2) is 7.00. The summed E-state index contributed by atoms with van der Waals surface area (Å²) in [5.41, 5.74) is 0.931. The third-order valence-corrected chi connectivity index (χ3v) is 4.55. The van der Waals surface area contributed by atoms with Crippen molar-refractivity contribution in [2.45, 2.75) is 24.9 Å². The zero-order valence-electron chi connectivity index (χ0n) is 13.0. The summed E-state index contributed by atoms with van der Waals surface area (Å²) in [6, 6.07) is 0. The van der Waals surface area contributed by atoms with E-state index in [-0.39, 0.29) is 6.42 Å². The van der Waals surface area contributed by atoms with Crippen LogP contribution in [0.5, 0.6) is 0 Å². The third kappa shape index (κ3) is 3.85. The van der Waals surface area contributed by atoms with E-state index in [1.54, 1.807) is 16.6 Å². The predicted molar refractivity (Wildman–Crippen MR) is 91.6 cm³/mol. The van der Waals surface area contributed by atoms with Crippen LogP contribution in [0.25, 0.3) is 11.2 Å². The first-order valence-electron chi connectivity index (χ1n) is 7.19. The van der Waals surface area contributed by atoms with Gasteiger partial charge in [-0.25, -0.2) is 15.0 Å². The lowest BCUT2D eigenvalue weighted by Gasteiger charge is -2.17. The van der Waals surface area contributed by atoms with Crippen LogP contribution in [0.15, 0.2) is 24.5 Å². The van der Waals surface area contributed by atoms with Gasteiger partial charge in [-0.15, -0.1) is 0 Å². The van der Waals surface area contributed by atoms with Crippen LogP contribution in [0, 0.1) is 0 Å². The van der Waals surface area contributed by atoms with Gasteiger partial charge in [0.1, 0.15) is 12.4 Å². The molecule has 3 heterocycles. The lowest BCUT2D eigenvalue weighted by atomic mass is 10.2. The minimum absolute atomic E-state index is 0.191. The minimum atomic E-state index is -4.28. The zero-order chi connectivity index (χ0) is 18.2. The van der Waals surface area contributed by atoms with Gasteiger partial charge >= 0.3 is 7.60 Å². The molecule has 136 valence electrons. The van der Waals surface area contributed by atoms with Crippen molar-refractivity contribution in [1.82, 2.24) is 24.4 Å². The fourth-order valence-electron chi connectivity index (χ4n) is 2.58. The number of aliphatic hydroxyl groups is 1. The van der Waals surface area contributed by atoms with Crippen LogP contribution in [0.1, 0.15) is 12.6 Å². The molecule has 0 bridgehead atoms. The smallest absolute Gasteiger partial charge is 0.348 e. The number of imidazole rings is 1. The molecule has 2 aromatic heterocycles. The SMILES string of the molecule is CN(NS)c1ncnc2c1ncn2[C@@H]1O[C@H](/C=C/P(=O)(O)O)C[C@H]1O. The first-order valence-corrected chi connectivity index (χ1v) is 9.32. The molecule has 0 saturated carbocycles. The van der Waals surface area contributed by atoms with Crippen LogP contribution in [0.3, 0.4) is 0 Å². The zero-order valence-corrected chi connectivity index (χ0v) is 14.8. The maximum atomic E-state index is 10.9. The summed E-state index contributed by atoms with van der Waals surface area (Å²) < 4.78 is 18.2. The van der Waals surface area contributed by atoms with Crippen molar-refractivity contribution in [2.24, 2.45) is 0 Å². The maximum Gasteiger partial charge on any atom is 0.348 e. The minimum Gasteiger partial charge on any atom is -0.388 e. The lowest BCUT2D eigenvalue weighted by molar-refractivity contribution is -0.0227. The molecule has 3 atom stereocenters. The number of ether oxygens (including phenoxy) is 1. The van der Waals surface area contributed by atoms with E-state index in [4.69, 9.17) is 14.5 Å². The molecule has 3 rings (SSSR count). The molecular formula is C12H17N6O5PS. The van der Waals surface area contributed by atoms with Gasteiger partial charge in [-0.2, -0.15) is 4.83 Å². The van der Waals surface area contributed by atoms with Crippen LogP contribution in [-0.4, -0.2) is 53.7 Å². The Morgan fingerprint density at radius 2 is 2.24 bits per heavy atom. The van der Waals surface area contributed by atoms with Crippen LogP contribution in [0.4, 0.5) is 5.82 Å². The van der Waals surface area contributed by atoms with E-state index in [1.807, 2.05) is 0 Å². The van der Waals surface area contributed by atoms with Crippen LogP contribution >= 0.6 is 20.4 Å². The molecule has 0 spiro atoms. The van der Waals surface area contributed by atoms with Crippen molar-refractivity contribution in [3.05, 3.63) is 24.5 Å². The molecule has 2 aromatic rings. The molecule has 11 nitrogen and oxygen atoms in total. The molecule has 0 aliphatic carbocycles. The monoisotopic (exact) mass is 388 g/mol. The average Bonchev–Trinajstić information content (AvgIpc) is 3.14. The van der Waals surface area contributed by atoms with Crippen LogP contribution in [-0.2, 0) is 9.30 Å². The van der Waals surface area contributed by atoms with E-state index in [2.05, 4.69) is 32.6 Å². The van der Waals surface area contributed by atoms with Gasteiger partial charge in [-0.1, -0.05) is 12.8 Å². The second-order valence-electron chi connectivity index (χ2n) is 5.48. The molecule has 0 radical (unpaired) electrons. The molecule has 0 unspecified atom stereocenters. The largest absolute Gasteiger partial charge is 0.388 e. The Bertz CT molecular complexity index is 841. The number of hydrogen-bond donors (Lipinski definition) is 5. The number of thiol groups is 1. The maximum absolute atomic E-state index is 10.9. The van der Waals surface area contributed by atoms with E-state index in [9.17, 15) is 9.67 Å². The van der Waals surface area contributed by atoms with Gasteiger partial charge in [-0.3, -0.25) is 14.1 Å². The Morgan fingerprint density at radius 1 is 1.48 bits per heavy atom. The molecule has 1 saturated heterocycles. The van der Waals surface area contributed by atoms with E-state index in [0.717, 1.165) is 5.82 Å². The van der Waals surface area contributed by atoms with Gasteiger partial charge in [0.05, 0.1) is 12.4 Å². The van der Waals surface area contributed by atoms with Gasteiger partial charge < -0.3 is 19.6 Å². The first-order chi connectivity index (χ1) is 11.8. The number of nitrogens with zero attached hydrogens (tertiary/aromatic N) is 5. The van der Waals surface area contributed by atoms with Gasteiger partial charge in [-0.05, 0) is 6.08 Å². The number of hydrazine groups is 1. The molecular weight excluding hydrogens is 371 g/mol. The summed E-state index contributed by atoms with van der Waals surface area (Å²) in [5, 5.41) is 11.8. The summed E-state index contributed by atoms with van der Waals surface area (Å²) in [5.74, 6) is 1.26. The summed E-state index contributed by atoms with van der Waals surface area (Å²) in [4.78, 5) is 33.0. The van der Waals surface area contributed by atoms with Crippen molar-refractivity contribution in [3.8, 4) is 0 Å². The molecule has 0 aromatic carbocycles. The van der Waals surface area contributed by atoms with Crippen molar-refractivity contribution in [1.29, 1.82) is 0 Å². The predicted octanol–water partition coefficient (Wildman–Crippen LogP) is -0.0483. The van der Waals surface area contributed by atoms with Gasteiger partial charge in [0.25, 0.3) is 0 Å². The molecule has 25 heavy (non-hydrogen) atoms. The number of aromatic nitrogens is 4. The summed E-state index contributed by atoms with van der Waals surface area (Å²) in [6.07, 6.45) is 1.96. The number of fused-ring (bicyclic) bond motifs is 1. The molecule has 4 N–H and O–H groups in total. The topological polar surface area (TPSA) is 146 Å². The average molecular weight is 388 g/mol. The van der Waals surface area contributed by atoms with E-state index >= 15 is 0 Å². The Balaban J connectivity index is 1.90. The summed E-state index contributed by atoms with van der Waals surface area (Å²) in [6.45, 7) is 0. The van der Waals surface area contributed by atoms with Gasteiger partial charge in [0.15, 0.2) is 23.2 Å². The van der Waals surface area contributed by atoms with Crippen molar-refractivity contribution in [3.63, 3.8) is 0 Å². The Labute approximate surface area is 148 Å². The second-order valence-corrected chi connectivity index (χ2v) is 7.16. The molecule has 0 amide bonds. The summed E-state index contributed by atoms with van der Waals surface area (Å²) in [7, 11) is -2.57. The van der Waals surface area contributed by atoms with Gasteiger partial charge in [0.2, 0.25) is 0 Å². The summed E-state index contributed by atoms with van der Waals surface area (Å²) >= 11 is 3.96. The Morgan fingerprint density at radius 3 is 2.92 bits per heavy atom. The normalized spacial score (nSPS) is 24.4. The molecule has 1 aliphatic heterocycles. The van der Waals surface area contributed by atoms with Gasteiger partial charge in [0, 0.05) is 19.3 Å². The molecule has 13 heteroatoms. The fraction of sp³-hybridized carbons (Fsp3) is 0.417. The number of aliphatic hydroxyl groups excluding tert-OH is 1. The van der Waals surface area contributed by atoms with Crippen LogP contribution in [0.2, 0.25) is 0 Å². The fourth-order valence-corrected chi connectivity index (χ4v) is 3.09. The van der Waals surface area contributed by atoms with E-state index in [1.165, 1.54) is 18.7 Å². The standard InChI is InChI=1S/C12H17N6O5PS/c1-17(16-25)10-9-11(14-5-13-10)18(6-15-9)12-8(19)4-7(23-12)2-3-24(20,21)22/h2-3,5-8,12,16,19,25H,4H2,1H3,(H2,20,21,22)/b3-2+/t7-,8-,12-/m1/s1. The molecule has 1 aliphatic rings. The number of nitrogens with one attached hydrogen (secondary N) is 1. The number of rotatable bonds is 5. The number of hydrogen-bond acceptors (Lipinski definition) is 9. The van der Waals surface area contributed by atoms with E-state index < -0.39 is 26.0 Å². The van der Waals surface area contributed by atoms with Crippen molar-refractivity contribution >= 4 is 37.4 Å². The highest BCUT2D eigenvalue weighted by molar-refractivity contribution is 7.78. The highest BCUT2D eigenvalue weighted by Crippen LogP contribution is 2.38. The van der Waals surface area contributed by atoms with Crippen molar-refractivity contribution in [2.75, 3.05) is 12.1 Å². The Kier molecular flexibility index (Phi) is 5.11. The Hall–Kier alpha value is -1.53. The third-order valence-electron chi connectivity index (χ3n) is 3.69. The van der Waals surface area contributed by atoms with Crippen molar-refractivity contribution < 1.29 is 24.2 Å². The highest BCUT2D eigenvalue weighted by atomic mass is 32.1. The lowest BCUT2D eigenvalue weighted by Crippen LogP contribution is -2.27. The quantitative estimate of drug-likeness (QED) is 0.268. The number of anilines is 1. The highest BCUT2D eigenvalue weighted by Gasteiger charge is 2.35. The van der Waals surface area contributed by atoms with Crippen LogP contribution < -0.4 is 9.84 Å². The molecule has 1 fully saturated rings. The van der Waals surface area contributed by atoms with E-state index in [0.29, 0.717) is 17.0 Å². The first kappa shape index (κ1) is 18.3.